The second-order valence-corrected chi connectivity index (χ2v) is 11.0. The van der Waals surface area contributed by atoms with Crippen molar-refractivity contribution in [1.82, 2.24) is 5.32 Å². The average Bonchev–Trinajstić information content (AvgIpc) is 2.59. The molecule has 3 N–H and O–H groups in total. The zero-order valence-corrected chi connectivity index (χ0v) is 23.3. The standard InChI is InChI=1S/C13H9F2I4NO8S/c1-3(13(14,15)29(25,26)27)28-4(21)2-20-11(22)5-6(12(23)24)8(17)10(19)9(18)7(5)16/h3H,2H2,1H3,(H,20,22)(H,23,24)(H,25,26,27). The van der Waals surface area contributed by atoms with Crippen molar-refractivity contribution >= 4 is 118 Å². The Kier molecular flexibility index (Phi) is 9.71. The number of amides is 1. The van der Waals surface area contributed by atoms with Crippen LogP contribution < -0.4 is 5.32 Å². The molecule has 16 heteroatoms. The van der Waals surface area contributed by atoms with E-state index in [2.05, 4.69) is 10.1 Å². The number of ether oxygens (including phenoxy) is 1. The van der Waals surface area contributed by atoms with Gasteiger partial charge >= 0.3 is 27.3 Å². The number of esters is 1. The Labute approximate surface area is 217 Å². The van der Waals surface area contributed by atoms with Crippen LogP contribution in [0.4, 0.5) is 8.78 Å². The molecule has 0 saturated heterocycles. The molecule has 0 fully saturated rings. The number of nitrogens with one attached hydrogen (secondary N) is 1. The summed E-state index contributed by atoms with van der Waals surface area (Å²) in [5, 5.41) is 6.76. The molecule has 0 heterocycles. The second kappa shape index (κ2) is 10.3. The van der Waals surface area contributed by atoms with Gasteiger partial charge in [-0.25, -0.2) is 4.79 Å². The van der Waals surface area contributed by atoms with E-state index in [4.69, 9.17) is 4.55 Å². The molecule has 0 radical (unpaired) electrons. The lowest BCUT2D eigenvalue weighted by Crippen LogP contribution is -2.43. The molecule has 0 aliphatic rings. The fourth-order valence-electron chi connectivity index (χ4n) is 1.80. The average molecular weight is 885 g/mol. The van der Waals surface area contributed by atoms with E-state index >= 15 is 0 Å². The van der Waals surface area contributed by atoms with Crippen LogP contribution in [0.3, 0.4) is 0 Å². The van der Waals surface area contributed by atoms with Crippen LogP contribution in [0.5, 0.6) is 0 Å². The fourth-order valence-corrected chi connectivity index (χ4v) is 5.94. The van der Waals surface area contributed by atoms with Crippen LogP contribution in [-0.4, -0.2) is 53.8 Å². The van der Waals surface area contributed by atoms with Gasteiger partial charge in [-0.2, -0.15) is 17.2 Å². The number of alkyl halides is 2. The summed E-state index contributed by atoms with van der Waals surface area (Å²) in [5.41, 5.74) is -0.520. The molecule has 0 spiro atoms. The Morgan fingerprint density at radius 1 is 1.07 bits per heavy atom. The summed E-state index contributed by atoms with van der Waals surface area (Å²) < 4.78 is 62.6. The molecule has 0 aromatic heterocycles. The van der Waals surface area contributed by atoms with Crippen LogP contribution >= 0.6 is 90.4 Å². The Hall–Kier alpha value is 0.320. The van der Waals surface area contributed by atoms with Gasteiger partial charge in [0.25, 0.3) is 5.91 Å². The lowest BCUT2D eigenvalue weighted by atomic mass is 10.1. The first-order valence-corrected chi connectivity index (χ1v) is 12.7. The van der Waals surface area contributed by atoms with Gasteiger partial charge in [0, 0.05) is 14.3 Å². The van der Waals surface area contributed by atoms with Crippen molar-refractivity contribution in [3.8, 4) is 0 Å². The second-order valence-electron chi connectivity index (χ2n) is 5.16. The van der Waals surface area contributed by atoms with Crippen LogP contribution in [0.1, 0.15) is 27.6 Å². The Balaban J connectivity index is 3.05. The van der Waals surface area contributed by atoms with Crippen molar-refractivity contribution in [2.24, 2.45) is 0 Å². The van der Waals surface area contributed by atoms with Gasteiger partial charge in [0.2, 0.25) is 0 Å². The largest absolute Gasteiger partial charge is 0.478 e. The molecule has 1 aromatic carbocycles. The van der Waals surface area contributed by atoms with E-state index in [0.717, 1.165) is 0 Å². The number of carboxylic acids is 1. The third-order valence-corrected chi connectivity index (χ3v) is 11.7. The van der Waals surface area contributed by atoms with Gasteiger partial charge in [-0.1, -0.05) is 0 Å². The van der Waals surface area contributed by atoms with Gasteiger partial charge in [0.05, 0.1) is 11.1 Å². The van der Waals surface area contributed by atoms with Crippen molar-refractivity contribution in [3.63, 3.8) is 0 Å². The van der Waals surface area contributed by atoms with Crippen molar-refractivity contribution in [1.29, 1.82) is 0 Å². The summed E-state index contributed by atoms with van der Waals surface area (Å²) in [7, 11) is -5.82. The molecule has 0 aliphatic heterocycles. The topological polar surface area (TPSA) is 147 Å². The first-order chi connectivity index (χ1) is 13.0. The van der Waals surface area contributed by atoms with Crippen LogP contribution in [0, 0.1) is 14.3 Å². The molecule has 162 valence electrons. The van der Waals surface area contributed by atoms with E-state index in [-0.39, 0.29) is 11.1 Å². The maximum Gasteiger partial charge on any atom is 0.405 e. The van der Waals surface area contributed by atoms with Crippen molar-refractivity contribution in [3.05, 3.63) is 25.4 Å². The highest BCUT2D eigenvalue weighted by Crippen LogP contribution is 2.33. The van der Waals surface area contributed by atoms with E-state index in [0.29, 0.717) is 21.2 Å². The van der Waals surface area contributed by atoms with E-state index in [1.165, 1.54) is 0 Å². The molecular formula is C13H9F2I4NO8S. The molecule has 1 aromatic rings. The highest BCUT2D eigenvalue weighted by molar-refractivity contribution is 14.1. The molecule has 9 nitrogen and oxygen atoms in total. The Morgan fingerprint density at radius 2 is 1.52 bits per heavy atom. The van der Waals surface area contributed by atoms with Gasteiger partial charge in [-0.15, -0.1) is 0 Å². The minimum absolute atomic E-state index is 0.226. The van der Waals surface area contributed by atoms with Crippen molar-refractivity contribution < 1.29 is 46.0 Å². The summed E-state index contributed by atoms with van der Waals surface area (Å²) in [4.78, 5) is 35.8. The quantitative estimate of drug-likeness (QED) is 0.125. The molecule has 0 aliphatic carbocycles. The van der Waals surface area contributed by atoms with Crippen LogP contribution in [-0.2, 0) is 19.6 Å². The van der Waals surface area contributed by atoms with E-state index in [1.54, 1.807) is 45.2 Å². The zero-order chi connectivity index (χ0) is 22.9. The predicted molar refractivity (Wildman–Crippen MR) is 129 cm³/mol. The number of carbonyl (C=O) groups excluding carboxylic acids is 2. The molecule has 1 rings (SSSR count). The Morgan fingerprint density at radius 3 is 1.93 bits per heavy atom. The highest BCUT2D eigenvalue weighted by atomic mass is 127. The summed E-state index contributed by atoms with van der Waals surface area (Å²) in [6.45, 7) is -0.401. The van der Waals surface area contributed by atoms with Crippen LogP contribution in [0.25, 0.3) is 0 Å². The highest BCUT2D eigenvalue weighted by Gasteiger charge is 2.51. The predicted octanol–water partition coefficient (Wildman–Crippen LogP) is 2.95. The third kappa shape index (κ3) is 6.19. The van der Waals surface area contributed by atoms with Crippen molar-refractivity contribution in [2.45, 2.75) is 18.3 Å². The van der Waals surface area contributed by atoms with Gasteiger partial charge in [0.1, 0.15) is 6.54 Å². The number of benzene rings is 1. The van der Waals surface area contributed by atoms with Gasteiger partial charge in [-0.3, -0.25) is 14.1 Å². The number of aromatic carboxylic acids is 1. The minimum atomic E-state index is -5.82. The Bertz CT molecular complexity index is 986. The maximum absolute atomic E-state index is 13.4. The normalized spacial score (nSPS) is 13.0. The lowest BCUT2D eigenvalue weighted by molar-refractivity contribution is -0.158. The van der Waals surface area contributed by atoms with Gasteiger partial charge in [-0.05, 0) is 97.3 Å². The zero-order valence-electron chi connectivity index (χ0n) is 13.8. The molecule has 1 amide bonds. The number of hydrogen-bond donors (Lipinski definition) is 3. The van der Waals surface area contributed by atoms with E-state index < -0.39 is 45.9 Å². The van der Waals surface area contributed by atoms with Crippen molar-refractivity contribution in [2.75, 3.05) is 6.54 Å². The molecule has 1 unspecified atom stereocenters. The minimum Gasteiger partial charge on any atom is -0.478 e. The number of carbonyl (C=O) groups is 3. The van der Waals surface area contributed by atoms with E-state index in [1.807, 2.05) is 45.2 Å². The summed E-state index contributed by atoms with van der Waals surface area (Å²) in [6.07, 6.45) is -2.53. The molecular weight excluding hydrogens is 876 g/mol. The number of rotatable bonds is 7. The van der Waals surface area contributed by atoms with Crippen LogP contribution in [0.2, 0.25) is 0 Å². The lowest BCUT2D eigenvalue weighted by Gasteiger charge is -2.21. The van der Waals surface area contributed by atoms with E-state index in [9.17, 15) is 36.7 Å². The molecule has 0 saturated carbocycles. The SMILES string of the molecule is CC(OC(=O)CNC(=O)c1c(I)c(I)c(I)c(I)c1C(=O)O)C(F)(F)S(=O)(=O)O. The van der Waals surface area contributed by atoms with Crippen LogP contribution in [0.15, 0.2) is 0 Å². The first-order valence-electron chi connectivity index (χ1n) is 6.95. The van der Waals surface area contributed by atoms with Gasteiger partial charge in [0.15, 0.2) is 6.10 Å². The maximum atomic E-state index is 13.4. The number of carboxylic acid groups (broad SMARTS) is 1. The van der Waals surface area contributed by atoms with Gasteiger partial charge < -0.3 is 15.2 Å². The summed E-state index contributed by atoms with van der Waals surface area (Å²) in [6, 6.07) is 0. The molecule has 1 atom stereocenters. The number of hydrogen-bond acceptors (Lipinski definition) is 6. The summed E-state index contributed by atoms with van der Waals surface area (Å²) >= 11 is 7.37. The smallest absolute Gasteiger partial charge is 0.405 e. The monoisotopic (exact) mass is 885 g/mol. The molecule has 0 bridgehead atoms. The fraction of sp³-hybridized carbons (Fsp3) is 0.308. The third-order valence-electron chi connectivity index (χ3n) is 3.23. The summed E-state index contributed by atoms with van der Waals surface area (Å²) in [5.74, 6) is -3.77. The molecule has 29 heavy (non-hydrogen) atoms. The first kappa shape index (κ1) is 27.4. The number of halogens is 6.